The summed E-state index contributed by atoms with van der Waals surface area (Å²) in [5.74, 6) is 1.37. The maximum Gasteiger partial charge on any atom is 0.226 e. The molecule has 35 heavy (non-hydrogen) atoms. The Balaban J connectivity index is 0.000000476. The second-order valence-corrected chi connectivity index (χ2v) is 8.82. The third-order valence-electron chi connectivity index (χ3n) is 5.27. The zero-order chi connectivity index (χ0) is 24.8. The smallest absolute Gasteiger partial charge is 0.226 e. The molecule has 2 aromatic carbocycles. The van der Waals surface area contributed by atoms with E-state index in [1.807, 2.05) is 30.3 Å². The van der Waals surface area contributed by atoms with Gasteiger partial charge in [-0.05, 0) is 42.9 Å². The van der Waals surface area contributed by atoms with Gasteiger partial charge in [0.15, 0.2) is 5.78 Å². The van der Waals surface area contributed by atoms with E-state index >= 15 is 0 Å². The van der Waals surface area contributed by atoms with E-state index in [4.69, 9.17) is 14.5 Å². The number of fused-ring (bicyclic) bond motifs is 1. The average Bonchev–Trinajstić information content (AvgIpc) is 3.22. The molecule has 2 heterocycles. The Morgan fingerprint density at radius 3 is 2.14 bits per heavy atom. The standard InChI is InChI=1S/C24H23N2O.C5H8O2.Ir/c1-15(2)18-11-8-12-19(16(3)4)21(18)24-26-20-13-14-25-22(23(20)27-24)17-9-6-5-7-10-17;1-4(6)3-5(2)7;/h5-9,11-16H,1-4H3;3,6H,1-2H3;/q-1;;/b;4-3-;. The van der Waals surface area contributed by atoms with Gasteiger partial charge in [0.2, 0.25) is 5.89 Å². The summed E-state index contributed by atoms with van der Waals surface area (Å²) in [4.78, 5) is 19.4. The van der Waals surface area contributed by atoms with Crippen LogP contribution in [0.3, 0.4) is 0 Å². The molecule has 0 saturated heterocycles. The van der Waals surface area contributed by atoms with Crippen molar-refractivity contribution in [1.29, 1.82) is 0 Å². The molecule has 5 nitrogen and oxygen atoms in total. The van der Waals surface area contributed by atoms with Gasteiger partial charge in [0.05, 0.1) is 5.76 Å². The minimum Gasteiger partial charge on any atom is -0.512 e. The van der Waals surface area contributed by atoms with Crippen LogP contribution in [0.5, 0.6) is 0 Å². The molecule has 6 heteroatoms. The number of benzene rings is 2. The van der Waals surface area contributed by atoms with Gasteiger partial charge < -0.3 is 14.5 Å². The van der Waals surface area contributed by atoms with E-state index < -0.39 is 0 Å². The van der Waals surface area contributed by atoms with Gasteiger partial charge >= 0.3 is 0 Å². The van der Waals surface area contributed by atoms with Gasteiger partial charge in [0, 0.05) is 43.6 Å². The summed E-state index contributed by atoms with van der Waals surface area (Å²) in [5.41, 5.74) is 6.85. The van der Waals surface area contributed by atoms with E-state index in [1.165, 1.54) is 31.1 Å². The van der Waals surface area contributed by atoms with Crippen LogP contribution in [0.4, 0.5) is 0 Å². The molecule has 1 radical (unpaired) electrons. The fourth-order valence-electron chi connectivity index (χ4n) is 3.79. The summed E-state index contributed by atoms with van der Waals surface area (Å²) in [6, 6.07) is 19.4. The Bertz CT molecular complexity index is 1280. The van der Waals surface area contributed by atoms with E-state index in [0.29, 0.717) is 23.3 Å². The van der Waals surface area contributed by atoms with Gasteiger partial charge in [-0.3, -0.25) is 4.79 Å². The number of ketones is 1. The molecule has 0 amide bonds. The maximum atomic E-state index is 10.0. The summed E-state index contributed by atoms with van der Waals surface area (Å²) in [6.07, 6.45) is 2.95. The van der Waals surface area contributed by atoms with Gasteiger partial charge in [0.1, 0.15) is 11.1 Å². The molecule has 0 unspecified atom stereocenters. The van der Waals surface area contributed by atoms with Crippen molar-refractivity contribution < 1.29 is 34.4 Å². The van der Waals surface area contributed by atoms with Crippen LogP contribution in [0.1, 0.15) is 64.5 Å². The molecular weight excluding hydrogens is 617 g/mol. The number of aromatic nitrogens is 2. The Hall–Kier alpha value is -3.08. The summed E-state index contributed by atoms with van der Waals surface area (Å²) in [7, 11) is 0. The first-order valence-corrected chi connectivity index (χ1v) is 11.4. The fourth-order valence-corrected chi connectivity index (χ4v) is 3.79. The number of nitrogens with zero attached hydrogens (tertiary/aromatic N) is 2. The number of carbonyl (C=O) groups excluding carboxylic acids is 1. The Kier molecular flexibility index (Phi) is 10.1. The minimum atomic E-state index is -0.125. The molecule has 0 fully saturated rings. The topological polar surface area (TPSA) is 76.2 Å². The molecule has 1 N–H and O–H groups in total. The quantitative estimate of drug-likeness (QED) is 0.137. The van der Waals surface area contributed by atoms with Crippen LogP contribution in [0.25, 0.3) is 33.8 Å². The predicted octanol–water partition coefficient (Wildman–Crippen LogP) is 7.64. The number of aliphatic hydroxyl groups is 1. The molecule has 0 aliphatic carbocycles. The van der Waals surface area contributed by atoms with Crippen molar-refractivity contribution in [3.05, 3.63) is 83.8 Å². The molecule has 0 bridgehead atoms. The molecule has 4 rings (SSSR count). The Morgan fingerprint density at radius 1 is 1.00 bits per heavy atom. The number of hydrogen-bond donors (Lipinski definition) is 1. The molecule has 0 spiro atoms. The number of hydrogen-bond acceptors (Lipinski definition) is 5. The van der Waals surface area contributed by atoms with E-state index in [2.05, 4.69) is 56.9 Å². The number of rotatable bonds is 5. The van der Waals surface area contributed by atoms with E-state index in [0.717, 1.165) is 22.3 Å². The molecule has 2 aromatic heterocycles. The summed E-state index contributed by atoms with van der Waals surface area (Å²) in [5, 5.41) is 8.36. The minimum absolute atomic E-state index is 0. The number of aliphatic hydroxyl groups excluding tert-OH is 1. The van der Waals surface area contributed by atoms with E-state index in [-0.39, 0.29) is 31.6 Å². The molecular formula is C29H31IrN2O3-. The van der Waals surface area contributed by atoms with Gasteiger partial charge in [0.25, 0.3) is 0 Å². The van der Waals surface area contributed by atoms with Crippen LogP contribution < -0.4 is 0 Å². The van der Waals surface area contributed by atoms with Crippen LogP contribution in [0.15, 0.2) is 71.0 Å². The van der Waals surface area contributed by atoms with Crippen molar-refractivity contribution >= 4 is 16.9 Å². The first kappa shape index (κ1) is 28.2. The molecule has 0 saturated carbocycles. The number of pyridine rings is 1. The van der Waals surface area contributed by atoms with E-state index in [9.17, 15) is 4.79 Å². The molecule has 0 aliphatic rings. The van der Waals surface area contributed by atoms with Gasteiger partial charge in [-0.25, -0.2) is 4.98 Å². The van der Waals surface area contributed by atoms with E-state index in [1.54, 1.807) is 6.20 Å². The molecule has 0 atom stereocenters. The summed E-state index contributed by atoms with van der Waals surface area (Å²) >= 11 is 0. The summed E-state index contributed by atoms with van der Waals surface area (Å²) < 4.78 is 6.33. The number of oxazole rings is 1. The molecule has 0 aliphatic heterocycles. The maximum absolute atomic E-state index is 10.0. The summed E-state index contributed by atoms with van der Waals surface area (Å²) in [6.45, 7) is 11.7. The SMILES string of the molecule is CC(=O)/C=C(/C)O.CC(C)c1cccc(C(C)C)c1-c1nc2ccnc(-c3[c-]cccc3)c2o1.[Ir]. The second-order valence-electron chi connectivity index (χ2n) is 8.82. The first-order valence-electron chi connectivity index (χ1n) is 11.4. The third kappa shape index (κ3) is 6.97. The van der Waals surface area contributed by atoms with Crippen molar-refractivity contribution in [3.63, 3.8) is 0 Å². The van der Waals surface area contributed by atoms with Gasteiger partial charge in [-0.15, -0.1) is 35.9 Å². The van der Waals surface area contributed by atoms with Crippen molar-refractivity contribution in [2.45, 2.75) is 53.4 Å². The number of allylic oxidation sites excluding steroid dienone is 2. The predicted molar refractivity (Wildman–Crippen MR) is 137 cm³/mol. The van der Waals surface area contributed by atoms with Crippen molar-refractivity contribution in [1.82, 2.24) is 9.97 Å². The number of carbonyl (C=O) groups is 1. The van der Waals surface area contributed by atoms with Crippen LogP contribution in [0, 0.1) is 6.07 Å². The van der Waals surface area contributed by atoms with Crippen LogP contribution >= 0.6 is 0 Å². The van der Waals surface area contributed by atoms with Gasteiger partial charge in [-0.2, -0.15) is 0 Å². The van der Waals surface area contributed by atoms with Crippen LogP contribution in [-0.2, 0) is 24.9 Å². The van der Waals surface area contributed by atoms with Crippen molar-refractivity contribution in [2.24, 2.45) is 0 Å². The first-order chi connectivity index (χ1) is 16.2. The Morgan fingerprint density at radius 2 is 1.66 bits per heavy atom. The van der Waals surface area contributed by atoms with Crippen LogP contribution in [-0.4, -0.2) is 20.9 Å². The Labute approximate surface area is 220 Å². The normalized spacial score (nSPS) is 11.3. The largest absolute Gasteiger partial charge is 0.512 e. The third-order valence-corrected chi connectivity index (χ3v) is 5.27. The molecule has 4 aromatic rings. The van der Waals surface area contributed by atoms with Crippen molar-refractivity contribution in [3.8, 4) is 22.7 Å². The fraction of sp³-hybridized carbons (Fsp3) is 0.276. The second kappa shape index (κ2) is 12.6. The molecule has 185 valence electrons. The van der Waals surface area contributed by atoms with Crippen molar-refractivity contribution in [2.75, 3.05) is 0 Å². The average molecular weight is 648 g/mol. The zero-order valence-corrected chi connectivity index (χ0v) is 23.3. The zero-order valence-electron chi connectivity index (χ0n) is 20.9. The van der Waals surface area contributed by atoms with Crippen LogP contribution in [0.2, 0.25) is 0 Å². The monoisotopic (exact) mass is 648 g/mol. The van der Waals surface area contributed by atoms with Gasteiger partial charge in [-0.1, -0.05) is 45.9 Å².